The molecule has 0 aliphatic carbocycles. The summed E-state index contributed by atoms with van der Waals surface area (Å²) >= 11 is 0. The van der Waals surface area contributed by atoms with Crippen LogP contribution in [0.3, 0.4) is 0 Å². The molecule has 1 aromatic rings. The summed E-state index contributed by atoms with van der Waals surface area (Å²) in [7, 11) is 1.68. The van der Waals surface area contributed by atoms with Gasteiger partial charge in [-0.3, -0.25) is 0 Å². The average molecular weight is 207 g/mol. The number of unbranched alkanes of at least 4 members (excludes halogenated alkanes) is 4. The van der Waals surface area contributed by atoms with Crippen LogP contribution >= 0.6 is 0 Å². The zero-order valence-electron chi connectivity index (χ0n) is 9.83. The minimum atomic E-state index is 0.785. The fourth-order valence-electron chi connectivity index (χ4n) is 1.72. The van der Waals surface area contributed by atoms with E-state index >= 15 is 0 Å². The number of pyridine rings is 1. The SMILES string of the molecule is CCCCCCCc1cccnc1OC. The molecule has 0 saturated carbocycles. The van der Waals surface area contributed by atoms with E-state index in [1.807, 2.05) is 6.07 Å². The molecular formula is C13H21NO. The van der Waals surface area contributed by atoms with Gasteiger partial charge in [0.2, 0.25) is 5.88 Å². The molecule has 0 bridgehead atoms. The Kier molecular flexibility index (Phi) is 5.83. The molecule has 0 spiro atoms. The van der Waals surface area contributed by atoms with Gasteiger partial charge >= 0.3 is 0 Å². The molecule has 0 amide bonds. The Hall–Kier alpha value is -1.05. The van der Waals surface area contributed by atoms with E-state index in [2.05, 4.69) is 18.0 Å². The van der Waals surface area contributed by atoms with Gasteiger partial charge in [0.15, 0.2) is 0 Å². The van der Waals surface area contributed by atoms with E-state index in [4.69, 9.17) is 4.74 Å². The second kappa shape index (κ2) is 7.27. The third-order valence-electron chi connectivity index (χ3n) is 2.59. The number of aryl methyl sites for hydroxylation is 1. The summed E-state index contributed by atoms with van der Waals surface area (Å²) in [5.74, 6) is 0.785. The first-order chi connectivity index (χ1) is 7.38. The summed E-state index contributed by atoms with van der Waals surface area (Å²) in [6.45, 7) is 2.24. The lowest BCUT2D eigenvalue weighted by atomic mass is 10.1. The zero-order valence-corrected chi connectivity index (χ0v) is 9.83. The van der Waals surface area contributed by atoms with Gasteiger partial charge in [-0.1, -0.05) is 38.7 Å². The number of nitrogens with zero attached hydrogens (tertiary/aromatic N) is 1. The number of rotatable bonds is 7. The first kappa shape index (κ1) is 12.0. The highest BCUT2D eigenvalue weighted by molar-refractivity contribution is 5.25. The topological polar surface area (TPSA) is 22.1 Å². The molecule has 0 atom stereocenters. The third kappa shape index (κ3) is 4.32. The van der Waals surface area contributed by atoms with Crippen molar-refractivity contribution in [2.45, 2.75) is 45.4 Å². The van der Waals surface area contributed by atoms with Gasteiger partial charge in [-0.05, 0) is 18.9 Å². The minimum Gasteiger partial charge on any atom is -0.481 e. The summed E-state index contributed by atoms with van der Waals surface area (Å²) in [5, 5.41) is 0. The molecule has 0 fully saturated rings. The van der Waals surface area contributed by atoms with Crippen LogP contribution in [0.5, 0.6) is 5.88 Å². The second-order valence-electron chi connectivity index (χ2n) is 3.84. The van der Waals surface area contributed by atoms with Gasteiger partial charge < -0.3 is 4.74 Å². The maximum Gasteiger partial charge on any atom is 0.216 e. The normalized spacial score (nSPS) is 10.3. The molecular weight excluding hydrogens is 186 g/mol. The Labute approximate surface area is 92.7 Å². The van der Waals surface area contributed by atoms with Crippen molar-refractivity contribution in [1.82, 2.24) is 4.98 Å². The molecule has 0 saturated heterocycles. The zero-order chi connectivity index (χ0) is 10.9. The lowest BCUT2D eigenvalue weighted by Crippen LogP contribution is -1.94. The molecule has 1 aromatic heterocycles. The molecule has 0 unspecified atom stereocenters. The van der Waals surface area contributed by atoms with E-state index in [0.29, 0.717) is 0 Å². The number of ether oxygens (including phenoxy) is 1. The summed E-state index contributed by atoms with van der Waals surface area (Å²) in [5.41, 5.74) is 1.23. The largest absolute Gasteiger partial charge is 0.481 e. The summed E-state index contributed by atoms with van der Waals surface area (Å²) < 4.78 is 5.21. The average Bonchev–Trinajstić information content (AvgIpc) is 2.29. The summed E-state index contributed by atoms with van der Waals surface area (Å²) in [4.78, 5) is 4.19. The fraction of sp³-hybridized carbons (Fsp3) is 0.615. The monoisotopic (exact) mass is 207 g/mol. The predicted octanol–water partition coefficient (Wildman–Crippen LogP) is 3.60. The highest BCUT2D eigenvalue weighted by atomic mass is 16.5. The predicted molar refractivity (Wildman–Crippen MR) is 63.3 cm³/mol. The first-order valence-corrected chi connectivity index (χ1v) is 5.86. The van der Waals surface area contributed by atoms with E-state index in [1.165, 1.54) is 37.7 Å². The molecule has 0 aliphatic heterocycles. The number of hydrogen-bond acceptors (Lipinski definition) is 2. The first-order valence-electron chi connectivity index (χ1n) is 5.86. The lowest BCUT2D eigenvalue weighted by molar-refractivity contribution is 0.391. The highest BCUT2D eigenvalue weighted by Crippen LogP contribution is 2.17. The summed E-state index contributed by atoms with van der Waals surface area (Å²) in [6.07, 6.45) is 9.41. The maximum absolute atomic E-state index is 5.21. The van der Waals surface area contributed by atoms with Crippen molar-refractivity contribution in [3.63, 3.8) is 0 Å². The number of methoxy groups -OCH3 is 1. The van der Waals surface area contributed by atoms with Crippen LogP contribution < -0.4 is 4.74 Å². The molecule has 1 rings (SSSR count). The van der Waals surface area contributed by atoms with E-state index in [1.54, 1.807) is 13.3 Å². The molecule has 0 N–H and O–H groups in total. The standard InChI is InChI=1S/C13H21NO/c1-3-4-5-6-7-9-12-10-8-11-14-13(12)15-2/h8,10-11H,3-7,9H2,1-2H3. The van der Waals surface area contributed by atoms with Gasteiger partial charge in [-0.2, -0.15) is 0 Å². The Balaban J connectivity index is 2.30. The van der Waals surface area contributed by atoms with Crippen molar-refractivity contribution in [3.05, 3.63) is 23.9 Å². The van der Waals surface area contributed by atoms with Crippen LogP contribution in [0.15, 0.2) is 18.3 Å². The van der Waals surface area contributed by atoms with Crippen LogP contribution in [-0.4, -0.2) is 12.1 Å². The molecule has 2 nitrogen and oxygen atoms in total. The van der Waals surface area contributed by atoms with Gasteiger partial charge in [0.25, 0.3) is 0 Å². The Morgan fingerprint density at radius 3 is 2.73 bits per heavy atom. The van der Waals surface area contributed by atoms with Crippen molar-refractivity contribution < 1.29 is 4.74 Å². The van der Waals surface area contributed by atoms with Crippen molar-refractivity contribution in [2.75, 3.05) is 7.11 Å². The van der Waals surface area contributed by atoms with Crippen molar-refractivity contribution >= 4 is 0 Å². The second-order valence-corrected chi connectivity index (χ2v) is 3.84. The minimum absolute atomic E-state index is 0.785. The smallest absolute Gasteiger partial charge is 0.216 e. The molecule has 0 radical (unpaired) electrons. The molecule has 1 heterocycles. The van der Waals surface area contributed by atoms with E-state index in [0.717, 1.165) is 12.3 Å². The Bertz CT molecular complexity index is 273. The van der Waals surface area contributed by atoms with Crippen LogP contribution in [0.25, 0.3) is 0 Å². The maximum atomic E-state index is 5.21. The fourth-order valence-corrected chi connectivity index (χ4v) is 1.72. The van der Waals surface area contributed by atoms with Crippen molar-refractivity contribution in [2.24, 2.45) is 0 Å². The molecule has 2 heteroatoms. The third-order valence-corrected chi connectivity index (χ3v) is 2.59. The van der Waals surface area contributed by atoms with Crippen LogP contribution in [-0.2, 0) is 6.42 Å². The van der Waals surface area contributed by atoms with Crippen LogP contribution in [0.1, 0.15) is 44.6 Å². The van der Waals surface area contributed by atoms with Crippen LogP contribution in [0.2, 0.25) is 0 Å². The van der Waals surface area contributed by atoms with Crippen molar-refractivity contribution in [3.8, 4) is 5.88 Å². The molecule has 0 aliphatic rings. The molecule has 15 heavy (non-hydrogen) atoms. The summed E-state index contributed by atoms with van der Waals surface area (Å²) in [6, 6.07) is 4.08. The highest BCUT2D eigenvalue weighted by Gasteiger charge is 2.01. The van der Waals surface area contributed by atoms with E-state index in [-0.39, 0.29) is 0 Å². The van der Waals surface area contributed by atoms with Gasteiger partial charge in [-0.15, -0.1) is 0 Å². The number of hydrogen-bond donors (Lipinski definition) is 0. The quantitative estimate of drug-likeness (QED) is 0.637. The number of aromatic nitrogens is 1. The van der Waals surface area contributed by atoms with Gasteiger partial charge in [0, 0.05) is 11.8 Å². The van der Waals surface area contributed by atoms with Crippen LogP contribution in [0, 0.1) is 0 Å². The van der Waals surface area contributed by atoms with E-state index in [9.17, 15) is 0 Å². The van der Waals surface area contributed by atoms with Gasteiger partial charge in [-0.25, -0.2) is 4.98 Å². The Morgan fingerprint density at radius 2 is 2.00 bits per heavy atom. The molecule has 84 valence electrons. The van der Waals surface area contributed by atoms with Gasteiger partial charge in [0.05, 0.1) is 7.11 Å². The Morgan fingerprint density at radius 1 is 1.20 bits per heavy atom. The lowest BCUT2D eigenvalue weighted by Gasteiger charge is -2.06. The van der Waals surface area contributed by atoms with Crippen molar-refractivity contribution in [1.29, 1.82) is 0 Å². The van der Waals surface area contributed by atoms with E-state index < -0.39 is 0 Å². The molecule has 0 aromatic carbocycles. The van der Waals surface area contributed by atoms with Crippen LogP contribution in [0.4, 0.5) is 0 Å². The van der Waals surface area contributed by atoms with Gasteiger partial charge in [0.1, 0.15) is 0 Å².